The van der Waals surface area contributed by atoms with E-state index in [0.717, 1.165) is 30.6 Å². The number of hydrogen-bond donors (Lipinski definition) is 0. The van der Waals surface area contributed by atoms with Crippen LogP contribution in [0.5, 0.6) is 11.5 Å². The summed E-state index contributed by atoms with van der Waals surface area (Å²) in [6.45, 7) is 1.89. The fourth-order valence-corrected chi connectivity index (χ4v) is 4.03. The number of nitrogens with zero attached hydrogens (tertiary/aromatic N) is 2. The molecular formula is C26H27FN2O3. The number of pyridine rings is 1. The van der Waals surface area contributed by atoms with Gasteiger partial charge in [-0.2, -0.15) is 0 Å². The maximum Gasteiger partial charge on any atom is 0.253 e. The lowest BCUT2D eigenvalue weighted by Gasteiger charge is -2.32. The second kappa shape index (κ2) is 10.3. The average molecular weight is 435 g/mol. The zero-order valence-electron chi connectivity index (χ0n) is 18.2. The number of likely N-dealkylation sites (tertiary alicyclic amines) is 1. The van der Waals surface area contributed by atoms with Gasteiger partial charge in [0.1, 0.15) is 12.4 Å². The zero-order valence-corrected chi connectivity index (χ0v) is 18.2. The highest BCUT2D eigenvalue weighted by Crippen LogP contribution is 2.25. The number of halogens is 1. The molecule has 166 valence electrons. The number of aromatic nitrogens is 1. The summed E-state index contributed by atoms with van der Waals surface area (Å²) in [5.41, 5.74) is 2.77. The summed E-state index contributed by atoms with van der Waals surface area (Å²) in [6.07, 6.45) is 6.30. The lowest BCUT2D eigenvalue weighted by Crippen LogP contribution is -2.38. The Balaban J connectivity index is 1.25. The molecule has 1 aromatic heterocycles. The Morgan fingerprint density at radius 3 is 2.50 bits per heavy atom. The predicted octanol–water partition coefficient (Wildman–Crippen LogP) is 4.90. The van der Waals surface area contributed by atoms with Crippen LogP contribution in [-0.4, -0.2) is 36.0 Å². The van der Waals surface area contributed by atoms with Crippen LogP contribution >= 0.6 is 0 Å². The van der Waals surface area contributed by atoms with Crippen molar-refractivity contribution >= 4 is 5.91 Å². The third kappa shape index (κ3) is 5.44. The van der Waals surface area contributed by atoms with Gasteiger partial charge in [-0.1, -0.05) is 24.3 Å². The summed E-state index contributed by atoms with van der Waals surface area (Å²) in [7, 11) is 1.41. The van der Waals surface area contributed by atoms with Crippen LogP contribution in [0.25, 0.3) is 0 Å². The van der Waals surface area contributed by atoms with Gasteiger partial charge in [0, 0.05) is 24.8 Å². The third-order valence-electron chi connectivity index (χ3n) is 5.89. The second-order valence-electron chi connectivity index (χ2n) is 8.08. The van der Waals surface area contributed by atoms with Crippen LogP contribution < -0.4 is 9.47 Å². The summed E-state index contributed by atoms with van der Waals surface area (Å²) in [5.74, 6) is 0.805. The first kappa shape index (κ1) is 21.8. The van der Waals surface area contributed by atoms with Gasteiger partial charge >= 0.3 is 0 Å². The first-order chi connectivity index (χ1) is 15.6. The van der Waals surface area contributed by atoms with Crippen LogP contribution in [0, 0.1) is 11.7 Å². The van der Waals surface area contributed by atoms with Crippen molar-refractivity contribution in [1.29, 1.82) is 0 Å². The van der Waals surface area contributed by atoms with Crippen LogP contribution in [-0.2, 0) is 13.0 Å². The quantitative estimate of drug-likeness (QED) is 0.531. The molecule has 3 aromatic rings. The fourth-order valence-electron chi connectivity index (χ4n) is 4.03. The standard InChI is InChI=1S/C26H27FN2O3/c1-31-25-9-8-22(16-24(25)27)26(30)29-13-10-20(11-14-29)15-19-4-6-21(7-5-19)18-32-23-3-2-12-28-17-23/h2-9,12,16-17,20H,10-11,13-15,18H2,1H3. The van der Waals surface area contributed by atoms with E-state index in [1.54, 1.807) is 18.5 Å². The molecule has 0 radical (unpaired) electrons. The summed E-state index contributed by atoms with van der Waals surface area (Å²) >= 11 is 0. The van der Waals surface area contributed by atoms with E-state index >= 15 is 0 Å². The molecule has 2 heterocycles. The molecule has 2 aromatic carbocycles. The molecule has 0 saturated carbocycles. The third-order valence-corrected chi connectivity index (χ3v) is 5.89. The first-order valence-electron chi connectivity index (χ1n) is 10.9. The van der Waals surface area contributed by atoms with Gasteiger partial charge in [-0.05, 0) is 66.6 Å². The van der Waals surface area contributed by atoms with Crippen LogP contribution in [0.15, 0.2) is 67.0 Å². The molecule has 0 atom stereocenters. The van der Waals surface area contributed by atoms with E-state index in [4.69, 9.17) is 9.47 Å². The monoisotopic (exact) mass is 434 g/mol. The van der Waals surface area contributed by atoms with Crippen molar-refractivity contribution in [1.82, 2.24) is 9.88 Å². The largest absolute Gasteiger partial charge is 0.494 e. The SMILES string of the molecule is COc1ccc(C(=O)N2CCC(Cc3ccc(COc4cccnc4)cc3)CC2)cc1F. The molecule has 0 unspecified atom stereocenters. The van der Waals surface area contributed by atoms with Gasteiger partial charge in [0.2, 0.25) is 0 Å². The molecule has 1 fully saturated rings. The number of methoxy groups -OCH3 is 1. The van der Waals surface area contributed by atoms with Gasteiger partial charge in [0.25, 0.3) is 5.91 Å². The molecule has 1 amide bonds. The minimum absolute atomic E-state index is 0.122. The molecule has 1 aliphatic rings. The number of rotatable bonds is 7. The smallest absolute Gasteiger partial charge is 0.253 e. The molecule has 5 nitrogen and oxygen atoms in total. The van der Waals surface area contributed by atoms with Crippen LogP contribution in [0.1, 0.15) is 34.3 Å². The highest BCUT2D eigenvalue weighted by molar-refractivity contribution is 5.94. The maximum atomic E-state index is 13.9. The number of hydrogen-bond acceptors (Lipinski definition) is 4. The minimum atomic E-state index is -0.512. The maximum absolute atomic E-state index is 13.9. The number of carbonyl (C=O) groups is 1. The normalized spacial score (nSPS) is 14.2. The zero-order chi connectivity index (χ0) is 22.3. The fraction of sp³-hybridized carbons (Fsp3) is 0.308. The summed E-state index contributed by atoms with van der Waals surface area (Å²) < 4.78 is 24.6. The van der Waals surface area contributed by atoms with Crippen molar-refractivity contribution in [3.05, 3.63) is 89.5 Å². The van der Waals surface area contributed by atoms with Gasteiger partial charge in [-0.25, -0.2) is 4.39 Å². The number of piperidine rings is 1. The molecular weight excluding hydrogens is 407 g/mol. The van der Waals surface area contributed by atoms with E-state index in [1.165, 1.54) is 24.8 Å². The van der Waals surface area contributed by atoms with Gasteiger partial charge in [-0.3, -0.25) is 9.78 Å². The molecule has 6 heteroatoms. The Morgan fingerprint density at radius 1 is 1.09 bits per heavy atom. The number of benzene rings is 2. The Hall–Kier alpha value is -3.41. The van der Waals surface area contributed by atoms with Crippen molar-refractivity contribution in [2.24, 2.45) is 5.92 Å². The van der Waals surface area contributed by atoms with E-state index in [2.05, 4.69) is 29.2 Å². The van der Waals surface area contributed by atoms with E-state index in [0.29, 0.717) is 31.2 Å². The molecule has 4 rings (SSSR count). The van der Waals surface area contributed by atoms with E-state index < -0.39 is 5.82 Å². The Labute approximate surface area is 187 Å². The van der Waals surface area contributed by atoms with Crippen molar-refractivity contribution in [3.8, 4) is 11.5 Å². The number of amides is 1. The molecule has 0 spiro atoms. The lowest BCUT2D eigenvalue weighted by molar-refractivity contribution is 0.0690. The molecule has 1 aliphatic heterocycles. The summed E-state index contributed by atoms with van der Waals surface area (Å²) in [5, 5.41) is 0. The van der Waals surface area contributed by atoms with E-state index in [9.17, 15) is 9.18 Å². The van der Waals surface area contributed by atoms with Crippen LogP contribution in [0.2, 0.25) is 0 Å². The van der Waals surface area contributed by atoms with Crippen LogP contribution in [0.3, 0.4) is 0 Å². The highest BCUT2D eigenvalue weighted by atomic mass is 19.1. The Kier molecular flexibility index (Phi) is 7.00. The lowest BCUT2D eigenvalue weighted by atomic mass is 9.89. The van der Waals surface area contributed by atoms with Crippen LogP contribution in [0.4, 0.5) is 4.39 Å². The first-order valence-corrected chi connectivity index (χ1v) is 10.9. The van der Waals surface area contributed by atoms with Gasteiger partial charge in [0.15, 0.2) is 11.6 Å². The predicted molar refractivity (Wildman–Crippen MR) is 120 cm³/mol. The van der Waals surface area contributed by atoms with E-state index in [-0.39, 0.29) is 11.7 Å². The summed E-state index contributed by atoms with van der Waals surface area (Å²) in [6, 6.07) is 16.6. The number of ether oxygens (including phenoxy) is 2. The van der Waals surface area contributed by atoms with Crippen molar-refractivity contribution in [3.63, 3.8) is 0 Å². The van der Waals surface area contributed by atoms with Crippen molar-refractivity contribution in [2.75, 3.05) is 20.2 Å². The molecule has 0 aliphatic carbocycles. The van der Waals surface area contributed by atoms with Gasteiger partial charge in [0.05, 0.1) is 13.3 Å². The molecule has 0 bridgehead atoms. The molecule has 1 saturated heterocycles. The highest BCUT2D eigenvalue weighted by Gasteiger charge is 2.24. The van der Waals surface area contributed by atoms with Crippen molar-refractivity contribution < 1.29 is 18.7 Å². The second-order valence-corrected chi connectivity index (χ2v) is 8.08. The minimum Gasteiger partial charge on any atom is -0.494 e. The summed E-state index contributed by atoms with van der Waals surface area (Å²) in [4.78, 5) is 18.6. The molecule has 0 N–H and O–H groups in total. The topological polar surface area (TPSA) is 51.7 Å². The Morgan fingerprint density at radius 2 is 1.84 bits per heavy atom. The van der Waals surface area contributed by atoms with E-state index in [1.807, 2.05) is 17.0 Å². The van der Waals surface area contributed by atoms with Gasteiger partial charge in [-0.15, -0.1) is 0 Å². The average Bonchev–Trinajstić information content (AvgIpc) is 2.84. The molecule has 32 heavy (non-hydrogen) atoms. The number of carbonyl (C=O) groups excluding carboxylic acids is 1. The Bertz CT molecular complexity index is 1030. The van der Waals surface area contributed by atoms with Crippen molar-refractivity contribution in [2.45, 2.75) is 25.9 Å². The van der Waals surface area contributed by atoms with Gasteiger partial charge < -0.3 is 14.4 Å².